The van der Waals surface area contributed by atoms with Gasteiger partial charge in [0.25, 0.3) is 0 Å². The highest BCUT2D eigenvalue weighted by atomic mass is 31.2. The fourth-order valence-corrected chi connectivity index (χ4v) is 7.97. The molecule has 0 saturated heterocycles. The van der Waals surface area contributed by atoms with Gasteiger partial charge in [0, 0.05) is 12.8 Å². The third-order valence-electron chi connectivity index (χ3n) is 10.1. The smallest absolute Gasteiger partial charge is 0.462 e. The van der Waals surface area contributed by atoms with E-state index in [1.54, 1.807) is 6.08 Å². The third-order valence-corrected chi connectivity index (χ3v) is 11.6. The molecule has 6 unspecified atom stereocenters. The molecule has 0 amide bonds. The monoisotopic (exact) mass is 976 g/mol. The molecule has 0 aromatic rings. The van der Waals surface area contributed by atoms with E-state index in [2.05, 4.69) is 60.9 Å². The number of aliphatic hydroxyl groups excluding tert-OH is 5. The van der Waals surface area contributed by atoms with E-state index < -0.39 is 89.6 Å². The minimum absolute atomic E-state index is 0.0346. The lowest BCUT2D eigenvalue weighted by atomic mass is 9.85. The van der Waals surface area contributed by atoms with Crippen molar-refractivity contribution in [2.75, 3.05) is 13.2 Å². The van der Waals surface area contributed by atoms with Crippen LogP contribution < -0.4 is 0 Å². The van der Waals surface area contributed by atoms with Crippen molar-refractivity contribution in [1.29, 1.82) is 0 Å². The summed E-state index contributed by atoms with van der Waals surface area (Å²) in [7, 11) is -10.7. The van der Waals surface area contributed by atoms with Crippen molar-refractivity contribution in [2.24, 2.45) is 0 Å². The molecule has 0 spiro atoms. The zero-order valence-corrected chi connectivity index (χ0v) is 40.5. The Labute approximate surface area is 391 Å². The minimum atomic E-state index is -5.38. The Hall–Kier alpha value is -2.86. The van der Waals surface area contributed by atoms with E-state index in [0.29, 0.717) is 38.5 Å². The molecule has 9 atom stereocenters. The molecule has 19 heteroatoms. The van der Waals surface area contributed by atoms with Crippen LogP contribution in [0.5, 0.6) is 0 Å². The number of ether oxygens (including phenoxy) is 2. The zero-order chi connectivity index (χ0) is 49.1. The van der Waals surface area contributed by atoms with E-state index in [0.717, 1.165) is 51.4 Å². The topological polar surface area (TPSA) is 276 Å². The number of hydrogen-bond donors (Lipinski definition) is 8. The highest BCUT2D eigenvalue weighted by molar-refractivity contribution is 7.47. The lowest BCUT2D eigenvalue weighted by Crippen LogP contribution is -2.64. The number of esters is 2. The molecule has 0 heterocycles. The Kier molecular flexibility index (Phi) is 34.4. The maximum atomic E-state index is 13.0. The van der Waals surface area contributed by atoms with E-state index in [-0.39, 0.29) is 12.8 Å². The fraction of sp³-hybridized carbons (Fsp3) is 0.660. The number of hydrogen-bond acceptors (Lipinski definition) is 14. The van der Waals surface area contributed by atoms with Crippen LogP contribution in [0, 0.1) is 0 Å². The average molecular weight is 977 g/mol. The van der Waals surface area contributed by atoms with Gasteiger partial charge in [-0.2, -0.15) is 0 Å². The van der Waals surface area contributed by atoms with Gasteiger partial charge in [-0.1, -0.05) is 137 Å². The van der Waals surface area contributed by atoms with Gasteiger partial charge in [0.1, 0.15) is 43.2 Å². The van der Waals surface area contributed by atoms with Crippen molar-refractivity contribution in [1.82, 2.24) is 0 Å². The van der Waals surface area contributed by atoms with Gasteiger partial charge in [-0.05, 0) is 70.6 Å². The SMILES string of the molecule is CC/C=C/C/C=C/C=C/C(O)CCCCCCCC(=O)OC[C@H](COP(=O)(O)O[C@H]1C(O)C(O)C(O)[C@@H](OP(=O)(O)O)C1O)OC(=O)CCC/C=C\C/C=C\C/C=C\C/C=C\CCCCC. The van der Waals surface area contributed by atoms with E-state index in [1.165, 1.54) is 19.3 Å². The number of rotatable bonds is 37. The molecule has 1 aliphatic carbocycles. The number of phosphoric ester groups is 2. The molecule has 0 bridgehead atoms. The summed E-state index contributed by atoms with van der Waals surface area (Å²) in [5.41, 5.74) is 0. The first-order valence-corrected chi connectivity index (χ1v) is 26.3. The lowest BCUT2D eigenvalue weighted by Gasteiger charge is -2.43. The maximum absolute atomic E-state index is 13.0. The molecule has 0 radical (unpaired) electrons. The molecule has 1 rings (SSSR count). The van der Waals surface area contributed by atoms with E-state index in [1.807, 2.05) is 36.5 Å². The molecular weight excluding hydrogens is 898 g/mol. The number of carbonyl (C=O) groups is 2. The highest BCUT2D eigenvalue weighted by Gasteiger charge is 2.54. The van der Waals surface area contributed by atoms with Gasteiger partial charge in [-0.15, -0.1) is 0 Å². The van der Waals surface area contributed by atoms with Crippen LogP contribution in [0.2, 0.25) is 0 Å². The summed E-state index contributed by atoms with van der Waals surface area (Å²) in [5, 5.41) is 51.4. The predicted molar refractivity (Wildman–Crippen MR) is 251 cm³/mol. The van der Waals surface area contributed by atoms with E-state index in [9.17, 15) is 49.1 Å². The number of carbonyl (C=O) groups excluding carboxylic acids is 2. The molecule has 0 aromatic heterocycles. The number of allylic oxidation sites excluding steroid dienone is 13. The van der Waals surface area contributed by atoms with Gasteiger partial charge in [0.15, 0.2) is 6.10 Å². The molecule has 66 heavy (non-hydrogen) atoms. The van der Waals surface area contributed by atoms with Crippen LogP contribution >= 0.6 is 15.6 Å². The summed E-state index contributed by atoms with van der Waals surface area (Å²) in [5.74, 6) is -1.36. The van der Waals surface area contributed by atoms with Crippen LogP contribution in [0.15, 0.2) is 85.1 Å². The average Bonchev–Trinajstić information content (AvgIpc) is 3.27. The lowest BCUT2D eigenvalue weighted by molar-refractivity contribution is -0.216. The molecular formula is C47H78O17P2. The number of unbranched alkanes of at least 4 members (excludes halogenated alkanes) is 8. The predicted octanol–water partition coefficient (Wildman–Crippen LogP) is 7.58. The van der Waals surface area contributed by atoms with Crippen LogP contribution in [-0.4, -0.2) is 114 Å². The summed E-state index contributed by atoms with van der Waals surface area (Å²) < 4.78 is 49.2. The highest BCUT2D eigenvalue weighted by Crippen LogP contribution is 2.49. The Morgan fingerprint density at radius 3 is 1.74 bits per heavy atom. The van der Waals surface area contributed by atoms with Crippen molar-refractivity contribution >= 4 is 27.6 Å². The zero-order valence-electron chi connectivity index (χ0n) is 38.7. The maximum Gasteiger partial charge on any atom is 0.472 e. The molecule has 17 nitrogen and oxygen atoms in total. The first-order chi connectivity index (χ1) is 31.5. The second-order valence-electron chi connectivity index (χ2n) is 15.9. The Morgan fingerprint density at radius 2 is 1.12 bits per heavy atom. The van der Waals surface area contributed by atoms with Crippen molar-refractivity contribution in [2.45, 2.75) is 185 Å². The van der Waals surface area contributed by atoms with Gasteiger partial charge < -0.3 is 49.7 Å². The van der Waals surface area contributed by atoms with Crippen LogP contribution in [0.25, 0.3) is 0 Å². The quantitative estimate of drug-likeness (QED) is 0.00979. The number of aliphatic hydroxyl groups is 5. The Bertz CT molecular complexity index is 1620. The van der Waals surface area contributed by atoms with Gasteiger partial charge >= 0.3 is 27.6 Å². The van der Waals surface area contributed by atoms with Crippen molar-refractivity contribution in [3.8, 4) is 0 Å². The van der Waals surface area contributed by atoms with Crippen molar-refractivity contribution in [3.63, 3.8) is 0 Å². The second-order valence-corrected chi connectivity index (χ2v) is 18.5. The van der Waals surface area contributed by atoms with Crippen LogP contribution in [-0.2, 0) is 41.8 Å². The summed E-state index contributed by atoms with van der Waals surface area (Å²) in [6, 6.07) is 0. The summed E-state index contributed by atoms with van der Waals surface area (Å²) in [6.45, 7) is 2.80. The van der Waals surface area contributed by atoms with Crippen LogP contribution in [0.1, 0.15) is 136 Å². The van der Waals surface area contributed by atoms with Gasteiger partial charge in [0.2, 0.25) is 0 Å². The van der Waals surface area contributed by atoms with Crippen LogP contribution in [0.3, 0.4) is 0 Å². The molecule has 0 aromatic carbocycles. The molecule has 0 aliphatic heterocycles. The fourth-order valence-electron chi connectivity index (χ4n) is 6.44. The van der Waals surface area contributed by atoms with Gasteiger partial charge in [-0.25, -0.2) is 9.13 Å². The molecule has 1 aliphatic rings. The Morgan fingerprint density at radius 1 is 0.576 bits per heavy atom. The first-order valence-electron chi connectivity index (χ1n) is 23.2. The summed E-state index contributed by atoms with van der Waals surface area (Å²) in [4.78, 5) is 54.2. The van der Waals surface area contributed by atoms with Crippen molar-refractivity contribution in [3.05, 3.63) is 85.1 Å². The standard InChI is InChI=1S/C47H78O17P2/c1-3-5-7-9-11-12-13-14-15-16-17-18-19-20-22-26-31-35-41(50)62-39(36-60-40(49)34-30-27-23-25-29-33-38(48)32-28-24-21-10-8-6-4-2)37-61-66(58,59)64-47-44(53)42(51)43(52)46(45(47)54)63-65(55,56)57/h6,8,11-12,14-15,17-18,20-22,24,28,32,38-39,42-48,51-54H,3-5,7,9-10,13,16,19,23,25-27,29-31,33-37H2,1-2H3,(H,58,59)(H2,55,56,57)/b8-6+,12-11-,15-14-,18-17-,22-20-,24-21+,32-28+/t38?,39-,42?,43?,44?,45?,46-,47+/m1/s1. The third kappa shape index (κ3) is 31.2. The largest absolute Gasteiger partial charge is 0.472 e. The molecule has 8 N–H and O–H groups in total. The normalized spacial score (nSPS) is 22.8. The van der Waals surface area contributed by atoms with Gasteiger partial charge in [0.05, 0.1) is 12.7 Å². The summed E-state index contributed by atoms with van der Waals surface area (Å²) >= 11 is 0. The molecule has 378 valence electrons. The summed E-state index contributed by atoms with van der Waals surface area (Å²) in [6.07, 6.45) is 27.1. The van der Waals surface area contributed by atoms with Crippen LogP contribution in [0.4, 0.5) is 0 Å². The molecule has 1 saturated carbocycles. The van der Waals surface area contributed by atoms with Crippen molar-refractivity contribution < 1.29 is 82.0 Å². The number of phosphoric acid groups is 2. The molecule has 1 fully saturated rings. The van der Waals surface area contributed by atoms with E-state index in [4.69, 9.17) is 28.3 Å². The van der Waals surface area contributed by atoms with E-state index >= 15 is 0 Å². The first kappa shape index (κ1) is 61.2. The second kappa shape index (κ2) is 37.1. The minimum Gasteiger partial charge on any atom is -0.462 e. The van der Waals surface area contributed by atoms with Gasteiger partial charge in [-0.3, -0.25) is 23.2 Å². The Balaban J connectivity index is 2.69.